The van der Waals surface area contributed by atoms with Crippen LogP contribution in [-0.4, -0.2) is 17.3 Å². The van der Waals surface area contributed by atoms with Crippen LogP contribution in [-0.2, 0) is 6.42 Å². The molecule has 18 heavy (non-hydrogen) atoms. The molecule has 0 aromatic heterocycles. The van der Waals surface area contributed by atoms with Gasteiger partial charge in [-0.05, 0) is 43.4 Å². The highest BCUT2D eigenvalue weighted by Crippen LogP contribution is 2.29. The zero-order valence-corrected chi connectivity index (χ0v) is 11.4. The molecule has 0 saturated heterocycles. The van der Waals surface area contributed by atoms with Crippen LogP contribution in [0.25, 0.3) is 0 Å². The molecule has 1 aliphatic rings. The zero-order valence-electron chi connectivity index (χ0n) is 11.4. The molecule has 1 aromatic rings. The van der Waals surface area contributed by atoms with Crippen molar-refractivity contribution in [3.05, 3.63) is 29.8 Å². The normalized spacial score (nSPS) is 17.9. The van der Waals surface area contributed by atoms with Crippen LogP contribution in [0.1, 0.15) is 51.0 Å². The lowest BCUT2D eigenvalue weighted by atomic mass is 10.0. The number of nitrogens with one attached hydrogen (secondary N) is 1. The topological polar surface area (TPSA) is 32.3 Å². The quantitative estimate of drug-likeness (QED) is 0.802. The number of unbranched alkanes of at least 4 members (excludes halogenated alkanes) is 1. The van der Waals surface area contributed by atoms with Gasteiger partial charge in [-0.2, -0.15) is 0 Å². The Bertz CT molecular complexity index is 369. The Kier molecular flexibility index (Phi) is 4.65. The highest BCUT2D eigenvalue weighted by atomic mass is 16.3. The molecule has 0 spiro atoms. The fourth-order valence-electron chi connectivity index (χ4n) is 2.69. The molecular weight excluding hydrogens is 222 g/mol. The van der Waals surface area contributed by atoms with Crippen molar-refractivity contribution in [2.24, 2.45) is 0 Å². The molecule has 0 unspecified atom stereocenters. The van der Waals surface area contributed by atoms with Gasteiger partial charge in [0.05, 0.1) is 5.60 Å². The Labute approximate surface area is 110 Å². The Balaban J connectivity index is 1.88. The van der Waals surface area contributed by atoms with Gasteiger partial charge < -0.3 is 10.4 Å². The zero-order chi connectivity index (χ0) is 12.8. The summed E-state index contributed by atoms with van der Waals surface area (Å²) in [6, 6.07) is 8.60. The Morgan fingerprint density at radius 3 is 2.78 bits per heavy atom. The third-order valence-electron chi connectivity index (χ3n) is 3.90. The van der Waals surface area contributed by atoms with Crippen LogP contribution in [0.2, 0.25) is 0 Å². The van der Waals surface area contributed by atoms with Gasteiger partial charge in [0.15, 0.2) is 0 Å². The molecular formula is C16H25NO. The summed E-state index contributed by atoms with van der Waals surface area (Å²) >= 11 is 0. The maximum Gasteiger partial charge on any atom is 0.0819 e. The first-order valence-corrected chi connectivity index (χ1v) is 7.27. The van der Waals surface area contributed by atoms with Crippen LogP contribution < -0.4 is 5.32 Å². The van der Waals surface area contributed by atoms with Crippen LogP contribution in [0.3, 0.4) is 0 Å². The van der Waals surface area contributed by atoms with Gasteiger partial charge in [0.1, 0.15) is 0 Å². The van der Waals surface area contributed by atoms with E-state index in [9.17, 15) is 5.11 Å². The number of anilines is 1. The summed E-state index contributed by atoms with van der Waals surface area (Å²) in [6.07, 6.45) is 7.83. The van der Waals surface area contributed by atoms with Gasteiger partial charge in [-0.1, -0.05) is 38.3 Å². The third-order valence-corrected chi connectivity index (χ3v) is 3.90. The predicted octanol–water partition coefficient (Wildman–Crippen LogP) is 3.75. The average molecular weight is 247 g/mol. The Hall–Kier alpha value is -1.02. The molecule has 1 saturated carbocycles. The molecule has 2 rings (SSSR count). The minimum atomic E-state index is -0.473. The molecule has 1 aliphatic carbocycles. The van der Waals surface area contributed by atoms with Crippen LogP contribution >= 0.6 is 0 Å². The first-order chi connectivity index (χ1) is 8.72. The number of rotatable bonds is 6. The predicted molar refractivity (Wildman–Crippen MR) is 77.0 cm³/mol. The maximum absolute atomic E-state index is 10.3. The molecule has 1 aromatic carbocycles. The lowest BCUT2D eigenvalue weighted by molar-refractivity contribution is 0.0615. The van der Waals surface area contributed by atoms with Crippen LogP contribution in [0, 0.1) is 0 Å². The van der Waals surface area contributed by atoms with Crippen molar-refractivity contribution in [2.45, 2.75) is 57.5 Å². The third kappa shape index (κ3) is 3.74. The number of aryl methyl sites for hydroxylation is 1. The summed E-state index contributed by atoms with van der Waals surface area (Å²) in [7, 11) is 0. The summed E-state index contributed by atoms with van der Waals surface area (Å²) in [5.41, 5.74) is 2.06. The van der Waals surface area contributed by atoms with E-state index in [0.29, 0.717) is 6.54 Å². The van der Waals surface area contributed by atoms with Gasteiger partial charge in [0, 0.05) is 12.2 Å². The lowest BCUT2D eigenvalue weighted by Gasteiger charge is -2.23. The van der Waals surface area contributed by atoms with Gasteiger partial charge in [0.25, 0.3) is 0 Å². The Morgan fingerprint density at radius 1 is 1.28 bits per heavy atom. The number of benzene rings is 1. The van der Waals surface area contributed by atoms with Crippen LogP contribution in [0.4, 0.5) is 5.69 Å². The summed E-state index contributed by atoms with van der Waals surface area (Å²) in [4.78, 5) is 0. The van der Waals surface area contributed by atoms with E-state index in [1.807, 2.05) is 0 Å². The molecule has 2 N–H and O–H groups in total. The summed E-state index contributed by atoms with van der Waals surface area (Å²) < 4.78 is 0. The monoisotopic (exact) mass is 247 g/mol. The van der Waals surface area contributed by atoms with Crippen LogP contribution in [0.5, 0.6) is 0 Å². The molecule has 1 fully saturated rings. The fraction of sp³-hybridized carbons (Fsp3) is 0.625. The SMILES string of the molecule is CCCCc1cccc(NCC2(O)CCCC2)c1. The van der Waals surface area contributed by atoms with E-state index in [-0.39, 0.29) is 0 Å². The molecule has 0 amide bonds. The van der Waals surface area contributed by atoms with Gasteiger partial charge in [-0.25, -0.2) is 0 Å². The second-order valence-electron chi connectivity index (χ2n) is 5.59. The van der Waals surface area contributed by atoms with E-state index in [1.54, 1.807) is 0 Å². The van der Waals surface area contributed by atoms with E-state index in [1.165, 1.54) is 18.4 Å². The highest BCUT2D eigenvalue weighted by Gasteiger charge is 2.30. The van der Waals surface area contributed by atoms with Gasteiger partial charge in [-0.3, -0.25) is 0 Å². The standard InChI is InChI=1S/C16H25NO/c1-2-3-7-14-8-6-9-15(12-14)17-13-16(18)10-4-5-11-16/h6,8-9,12,17-18H,2-5,7,10-11,13H2,1H3. The van der Waals surface area contributed by atoms with E-state index in [0.717, 1.165) is 37.8 Å². The summed E-state index contributed by atoms with van der Waals surface area (Å²) in [5.74, 6) is 0. The molecule has 0 aliphatic heterocycles. The van der Waals surface area contributed by atoms with Crippen molar-refractivity contribution in [1.82, 2.24) is 0 Å². The number of hydrogen-bond acceptors (Lipinski definition) is 2. The van der Waals surface area contributed by atoms with E-state index >= 15 is 0 Å². The molecule has 2 heteroatoms. The van der Waals surface area contributed by atoms with Gasteiger partial charge in [0.2, 0.25) is 0 Å². The minimum Gasteiger partial charge on any atom is -0.388 e. The van der Waals surface area contributed by atoms with Gasteiger partial charge >= 0.3 is 0 Å². The van der Waals surface area contributed by atoms with E-state index < -0.39 is 5.60 Å². The van der Waals surface area contributed by atoms with E-state index in [2.05, 4.69) is 36.5 Å². The second-order valence-corrected chi connectivity index (χ2v) is 5.59. The Morgan fingerprint density at radius 2 is 2.06 bits per heavy atom. The molecule has 2 nitrogen and oxygen atoms in total. The molecule has 100 valence electrons. The minimum absolute atomic E-state index is 0.473. The number of hydrogen-bond donors (Lipinski definition) is 2. The maximum atomic E-state index is 10.3. The summed E-state index contributed by atoms with van der Waals surface area (Å²) in [6.45, 7) is 2.90. The lowest BCUT2D eigenvalue weighted by Crippen LogP contribution is -2.33. The van der Waals surface area contributed by atoms with Crippen LogP contribution in [0.15, 0.2) is 24.3 Å². The second kappa shape index (κ2) is 6.24. The molecule has 0 radical (unpaired) electrons. The van der Waals surface area contributed by atoms with Crippen molar-refractivity contribution in [1.29, 1.82) is 0 Å². The fourth-order valence-corrected chi connectivity index (χ4v) is 2.69. The van der Waals surface area contributed by atoms with Crippen molar-refractivity contribution in [3.8, 4) is 0 Å². The van der Waals surface area contributed by atoms with E-state index in [4.69, 9.17) is 0 Å². The van der Waals surface area contributed by atoms with Gasteiger partial charge in [-0.15, -0.1) is 0 Å². The largest absolute Gasteiger partial charge is 0.388 e. The first kappa shape index (κ1) is 13.4. The van der Waals surface area contributed by atoms with Crippen molar-refractivity contribution in [2.75, 3.05) is 11.9 Å². The first-order valence-electron chi connectivity index (χ1n) is 7.27. The summed E-state index contributed by atoms with van der Waals surface area (Å²) in [5, 5.41) is 13.7. The molecule has 0 heterocycles. The average Bonchev–Trinajstić information content (AvgIpc) is 2.82. The smallest absolute Gasteiger partial charge is 0.0819 e. The van der Waals surface area contributed by atoms with Crippen molar-refractivity contribution in [3.63, 3.8) is 0 Å². The molecule has 0 bridgehead atoms. The highest BCUT2D eigenvalue weighted by molar-refractivity contribution is 5.46. The molecule has 0 atom stereocenters. The van der Waals surface area contributed by atoms with Crippen molar-refractivity contribution < 1.29 is 5.11 Å². The number of aliphatic hydroxyl groups is 1. The van der Waals surface area contributed by atoms with Crippen molar-refractivity contribution >= 4 is 5.69 Å².